The van der Waals surface area contributed by atoms with Crippen LogP contribution in [0.15, 0.2) is 66.7 Å². The topological polar surface area (TPSA) is 96.0 Å². The van der Waals surface area contributed by atoms with Crippen molar-refractivity contribution in [2.75, 3.05) is 30.8 Å². The lowest BCUT2D eigenvalue weighted by molar-refractivity contribution is -0.140. The molecule has 42 heavy (non-hydrogen) atoms. The summed E-state index contributed by atoms with van der Waals surface area (Å²) < 4.78 is 32.4. The first-order valence-corrected chi connectivity index (χ1v) is 16.1. The lowest BCUT2D eigenvalue weighted by atomic mass is 10.0. The number of nitrogens with zero attached hydrogens (tertiary/aromatic N) is 2. The molecule has 226 valence electrons. The van der Waals surface area contributed by atoms with E-state index in [1.807, 2.05) is 44.2 Å². The van der Waals surface area contributed by atoms with Crippen LogP contribution in [0.1, 0.15) is 25.0 Å². The molecule has 0 radical (unpaired) electrons. The molecule has 3 aromatic rings. The second-order valence-electron chi connectivity index (χ2n) is 10.2. The number of hydrogen-bond donors (Lipinski definition) is 1. The Kier molecular flexibility index (Phi) is 11.9. The van der Waals surface area contributed by atoms with E-state index in [2.05, 4.69) is 5.32 Å². The SMILES string of the molecule is COc1ccc(Cl)cc1N(CC(=O)N(Cc1c(Cl)cccc1Cl)[C@@H](Cc1ccccc1)C(=O)NCC(C)C)S(C)(=O)=O. The molecule has 2 amide bonds. The quantitative estimate of drug-likeness (QED) is 0.250. The number of sulfonamides is 1. The van der Waals surface area contributed by atoms with E-state index < -0.39 is 34.4 Å². The van der Waals surface area contributed by atoms with Gasteiger partial charge in [-0.25, -0.2) is 8.42 Å². The first-order valence-electron chi connectivity index (χ1n) is 13.2. The van der Waals surface area contributed by atoms with Gasteiger partial charge >= 0.3 is 0 Å². The smallest absolute Gasteiger partial charge is 0.244 e. The van der Waals surface area contributed by atoms with Crippen LogP contribution in [0.3, 0.4) is 0 Å². The van der Waals surface area contributed by atoms with Crippen molar-refractivity contribution >= 4 is 62.3 Å². The maximum atomic E-state index is 14.2. The molecule has 0 saturated heterocycles. The molecule has 0 fully saturated rings. The monoisotopic (exact) mass is 653 g/mol. The number of ether oxygens (including phenoxy) is 1. The van der Waals surface area contributed by atoms with Crippen LogP contribution >= 0.6 is 34.8 Å². The van der Waals surface area contributed by atoms with Gasteiger partial charge in [-0.15, -0.1) is 0 Å². The molecule has 0 heterocycles. The van der Waals surface area contributed by atoms with E-state index >= 15 is 0 Å². The molecule has 3 rings (SSSR count). The van der Waals surface area contributed by atoms with E-state index in [0.717, 1.165) is 16.1 Å². The van der Waals surface area contributed by atoms with Crippen molar-refractivity contribution in [3.8, 4) is 5.75 Å². The second kappa shape index (κ2) is 15.0. The van der Waals surface area contributed by atoms with Crippen LogP contribution in [-0.4, -0.2) is 57.6 Å². The molecule has 0 aliphatic rings. The van der Waals surface area contributed by atoms with E-state index in [4.69, 9.17) is 39.5 Å². The molecule has 0 saturated carbocycles. The van der Waals surface area contributed by atoms with Gasteiger partial charge in [0.05, 0.1) is 19.1 Å². The largest absolute Gasteiger partial charge is 0.495 e. The number of benzene rings is 3. The third kappa shape index (κ3) is 9.01. The maximum absolute atomic E-state index is 14.2. The number of carbonyl (C=O) groups excluding carboxylic acids is 2. The molecule has 1 atom stereocenters. The molecule has 8 nitrogen and oxygen atoms in total. The van der Waals surface area contributed by atoms with Gasteiger partial charge in [0.25, 0.3) is 0 Å². The summed E-state index contributed by atoms with van der Waals surface area (Å²) in [6.07, 6.45) is 1.14. The van der Waals surface area contributed by atoms with Crippen molar-refractivity contribution in [2.24, 2.45) is 5.92 Å². The van der Waals surface area contributed by atoms with Gasteiger partial charge in [-0.05, 0) is 41.8 Å². The van der Waals surface area contributed by atoms with Gasteiger partial charge in [0, 0.05) is 40.1 Å². The van der Waals surface area contributed by atoms with Gasteiger partial charge in [-0.2, -0.15) is 0 Å². The molecule has 0 aromatic heterocycles. The lowest BCUT2D eigenvalue weighted by Crippen LogP contribution is -2.53. The molecule has 0 spiro atoms. The molecule has 12 heteroatoms. The summed E-state index contributed by atoms with van der Waals surface area (Å²) in [5, 5.41) is 3.78. The van der Waals surface area contributed by atoms with Crippen LogP contribution in [0.25, 0.3) is 0 Å². The molecule has 3 aromatic carbocycles. The summed E-state index contributed by atoms with van der Waals surface area (Å²) in [7, 11) is -2.63. The van der Waals surface area contributed by atoms with E-state index in [0.29, 0.717) is 22.2 Å². The molecule has 0 bridgehead atoms. The zero-order valence-electron chi connectivity index (χ0n) is 23.8. The summed E-state index contributed by atoms with van der Waals surface area (Å²) >= 11 is 19.2. The van der Waals surface area contributed by atoms with Crippen molar-refractivity contribution in [3.63, 3.8) is 0 Å². The van der Waals surface area contributed by atoms with Crippen molar-refractivity contribution in [1.29, 1.82) is 0 Å². The Labute approximate surface area is 262 Å². The van der Waals surface area contributed by atoms with Gasteiger partial charge in [-0.1, -0.05) is 85.0 Å². The van der Waals surface area contributed by atoms with Crippen molar-refractivity contribution in [1.82, 2.24) is 10.2 Å². The molecule has 0 aliphatic carbocycles. The standard InChI is InChI=1S/C30H34Cl3N3O5S/c1-20(2)17-34-30(38)27(15-21-9-6-5-7-10-21)35(18-23-24(32)11-8-12-25(23)33)29(37)19-36(42(4,39)40)26-16-22(31)13-14-28(26)41-3/h5-14,16,20,27H,15,17-19H2,1-4H3,(H,34,38)/t27-/m0/s1. The average molecular weight is 655 g/mol. The highest BCUT2D eigenvalue weighted by Gasteiger charge is 2.34. The number of anilines is 1. The van der Waals surface area contributed by atoms with Crippen LogP contribution < -0.4 is 14.4 Å². The summed E-state index contributed by atoms with van der Waals surface area (Å²) in [6.45, 7) is 3.52. The Morgan fingerprint density at radius 2 is 1.60 bits per heavy atom. The Morgan fingerprint density at radius 1 is 0.952 bits per heavy atom. The van der Waals surface area contributed by atoms with Crippen molar-refractivity contribution in [2.45, 2.75) is 32.9 Å². The third-order valence-corrected chi connectivity index (χ3v) is 8.50. The van der Waals surface area contributed by atoms with E-state index in [-0.39, 0.29) is 35.3 Å². The van der Waals surface area contributed by atoms with Crippen molar-refractivity contribution < 1.29 is 22.7 Å². The highest BCUT2D eigenvalue weighted by molar-refractivity contribution is 7.92. The number of rotatable bonds is 13. The fraction of sp³-hybridized carbons (Fsp3) is 0.333. The van der Waals surface area contributed by atoms with Gasteiger partial charge < -0.3 is 15.0 Å². The minimum Gasteiger partial charge on any atom is -0.495 e. The zero-order chi connectivity index (χ0) is 31.0. The lowest BCUT2D eigenvalue weighted by Gasteiger charge is -2.34. The fourth-order valence-electron chi connectivity index (χ4n) is 4.28. The predicted octanol–water partition coefficient (Wildman–Crippen LogP) is 5.83. The zero-order valence-corrected chi connectivity index (χ0v) is 26.9. The summed E-state index contributed by atoms with van der Waals surface area (Å²) in [4.78, 5) is 29.3. The first-order chi connectivity index (χ1) is 19.8. The maximum Gasteiger partial charge on any atom is 0.244 e. The van der Waals surface area contributed by atoms with E-state index in [1.165, 1.54) is 24.1 Å². The number of amides is 2. The number of nitrogens with one attached hydrogen (secondary N) is 1. The normalized spacial score (nSPS) is 12.1. The first kappa shape index (κ1) is 33.5. The third-order valence-electron chi connectivity index (χ3n) is 6.43. The van der Waals surface area contributed by atoms with Gasteiger partial charge in [0.2, 0.25) is 21.8 Å². The predicted molar refractivity (Wildman–Crippen MR) is 169 cm³/mol. The van der Waals surface area contributed by atoms with Gasteiger partial charge in [-0.3, -0.25) is 13.9 Å². The summed E-state index contributed by atoms with van der Waals surface area (Å²) in [5.74, 6) is -0.687. The highest BCUT2D eigenvalue weighted by Crippen LogP contribution is 2.33. The van der Waals surface area contributed by atoms with Crippen LogP contribution in [0.2, 0.25) is 15.1 Å². The summed E-state index contributed by atoms with van der Waals surface area (Å²) in [6, 6.07) is 17.6. The van der Waals surface area contributed by atoms with Crippen molar-refractivity contribution in [3.05, 3.63) is 92.9 Å². The molecule has 0 unspecified atom stereocenters. The van der Waals surface area contributed by atoms with Crippen LogP contribution in [0.4, 0.5) is 5.69 Å². The second-order valence-corrected chi connectivity index (χ2v) is 13.3. The molecular formula is C30H34Cl3N3O5S. The number of halogens is 3. The minimum absolute atomic E-state index is 0.0837. The van der Waals surface area contributed by atoms with Crippen LogP contribution in [0, 0.1) is 5.92 Å². The minimum atomic E-state index is -4.02. The van der Waals surface area contributed by atoms with E-state index in [9.17, 15) is 18.0 Å². The van der Waals surface area contributed by atoms with E-state index in [1.54, 1.807) is 24.3 Å². The number of hydrogen-bond acceptors (Lipinski definition) is 5. The summed E-state index contributed by atoms with van der Waals surface area (Å²) in [5.41, 5.74) is 1.32. The van der Waals surface area contributed by atoms with Gasteiger partial charge in [0.15, 0.2) is 0 Å². The molecule has 0 aliphatic heterocycles. The van der Waals surface area contributed by atoms with Gasteiger partial charge in [0.1, 0.15) is 18.3 Å². The Balaban J connectivity index is 2.14. The highest BCUT2D eigenvalue weighted by atomic mass is 35.5. The van der Waals surface area contributed by atoms with Crippen LogP contribution in [0.5, 0.6) is 5.75 Å². The Morgan fingerprint density at radius 3 is 2.17 bits per heavy atom. The average Bonchev–Trinajstić information content (AvgIpc) is 2.93. The molecule has 1 N–H and O–H groups in total. The Hall–Kier alpha value is -2.98. The number of methoxy groups -OCH3 is 1. The Bertz CT molecular complexity index is 1480. The molecular weight excluding hydrogens is 621 g/mol. The number of carbonyl (C=O) groups is 2. The van der Waals surface area contributed by atoms with Crippen LogP contribution in [-0.2, 0) is 32.6 Å². The fourth-order valence-corrected chi connectivity index (χ4v) is 5.81.